The second-order valence-corrected chi connectivity index (χ2v) is 5.72. The second-order valence-electron chi connectivity index (χ2n) is 4.43. The van der Waals surface area contributed by atoms with Gasteiger partial charge in [0.05, 0.1) is 6.42 Å². The molecule has 0 saturated heterocycles. The molecule has 0 fully saturated rings. The summed E-state index contributed by atoms with van der Waals surface area (Å²) in [6.45, 7) is 0.687. The first-order valence-corrected chi connectivity index (χ1v) is 7.27. The molecule has 2 aromatic carbocycles. The summed E-state index contributed by atoms with van der Waals surface area (Å²) in [4.78, 5) is 10.8. The summed E-state index contributed by atoms with van der Waals surface area (Å²) < 4.78 is 0.975. The molecule has 0 radical (unpaired) electrons. The van der Waals surface area contributed by atoms with Crippen molar-refractivity contribution in [1.29, 1.82) is 0 Å². The molecule has 20 heavy (non-hydrogen) atoms. The predicted octanol–water partition coefficient (Wildman–Crippen LogP) is 3.74. The highest BCUT2D eigenvalue weighted by atomic mass is 79.9. The molecule has 0 atom stereocenters. The van der Waals surface area contributed by atoms with E-state index in [-0.39, 0.29) is 12.3 Å². The molecule has 2 rings (SSSR count). The Labute approximate surface area is 131 Å². The summed E-state index contributed by atoms with van der Waals surface area (Å²) >= 11 is 9.39. The summed E-state index contributed by atoms with van der Waals surface area (Å²) in [6, 6.07) is 13.4. The number of rotatable bonds is 5. The van der Waals surface area contributed by atoms with E-state index >= 15 is 0 Å². The monoisotopic (exact) mass is 352 g/mol. The average Bonchev–Trinajstić information content (AvgIpc) is 2.39. The fourth-order valence-electron chi connectivity index (χ4n) is 1.80. The standard InChI is InChI=1S/C15H14BrClN2O/c16-14-8-12(17)4-3-11(14)9-19-13-5-1-10(2-6-13)7-15(18)20/h1-6,8,19H,7,9H2,(H2,18,20). The number of nitrogens with one attached hydrogen (secondary N) is 1. The number of primary amides is 1. The molecule has 3 nitrogen and oxygen atoms in total. The van der Waals surface area contributed by atoms with Crippen LogP contribution in [0.1, 0.15) is 11.1 Å². The van der Waals surface area contributed by atoms with Crippen LogP contribution in [0.3, 0.4) is 0 Å². The van der Waals surface area contributed by atoms with Gasteiger partial charge in [-0.3, -0.25) is 4.79 Å². The number of halogens is 2. The molecule has 0 saturated carbocycles. The smallest absolute Gasteiger partial charge is 0.221 e. The maximum Gasteiger partial charge on any atom is 0.221 e. The first-order valence-electron chi connectivity index (χ1n) is 6.09. The first-order chi connectivity index (χ1) is 9.54. The maximum absolute atomic E-state index is 10.8. The van der Waals surface area contributed by atoms with E-state index in [1.54, 1.807) is 0 Å². The van der Waals surface area contributed by atoms with Gasteiger partial charge in [-0.2, -0.15) is 0 Å². The molecule has 0 heterocycles. The molecule has 2 aromatic rings. The lowest BCUT2D eigenvalue weighted by Crippen LogP contribution is -2.13. The quantitative estimate of drug-likeness (QED) is 0.860. The molecule has 5 heteroatoms. The summed E-state index contributed by atoms with van der Waals surface area (Å²) in [5.41, 5.74) is 8.18. The van der Waals surface area contributed by atoms with Gasteiger partial charge in [0.25, 0.3) is 0 Å². The summed E-state index contributed by atoms with van der Waals surface area (Å²) in [5.74, 6) is -0.323. The van der Waals surface area contributed by atoms with Crippen LogP contribution in [-0.2, 0) is 17.8 Å². The van der Waals surface area contributed by atoms with E-state index in [2.05, 4.69) is 21.2 Å². The topological polar surface area (TPSA) is 55.1 Å². The second kappa shape index (κ2) is 6.77. The average molecular weight is 354 g/mol. The molecule has 0 aliphatic carbocycles. The SMILES string of the molecule is NC(=O)Cc1ccc(NCc2ccc(Cl)cc2Br)cc1. The van der Waals surface area contributed by atoms with Crippen molar-refractivity contribution in [2.24, 2.45) is 5.73 Å². The molecule has 3 N–H and O–H groups in total. The van der Waals surface area contributed by atoms with Crippen LogP contribution in [0.4, 0.5) is 5.69 Å². The molecule has 0 aliphatic rings. The van der Waals surface area contributed by atoms with Gasteiger partial charge in [0, 0.05) is 21.7 Å². The zero-order chi connectivity index (χ0) is 14.5. The lowest BCUT2D eigenvalue weighted by Gasteiger charge is -2.09. The van der Waals surface area contributed by atoms with Gasteiger partial charge in [-0.1, -0.05) is 45.7 Å². The van der Waals surface area contributed by atoms with Crippen LogP contribution >= 0.6 is 27.5 Å². The van der Waals surface area contributed by atoms with Crippen LogP contribution in [0, 0.1) is 0 Å². The van der Waals surface area contributed by atoms with Crippen LogP contribution in [0.15, 0.2) is 46.9 Å². The minimum atomic E-state index is -0.323. The summed E-state index contributed by atoms with van der Waals surface area (Å²) in [6.07, 6.45) is 0.267. The Morgan fingerprint density at radius 3 is 2.50 bits per heavy atom. The number of amides is 1. The van der Waals surface area contributed by atoms with Gasteiger partial charge in [0.2, 0.25) is 5.91 Å². The molecular formula is C15H14BrClN2O. The third-order valence-electron chi connectivity index (χ3n) is 2.83. The fourth-order valence-corrected chi connectivity index (χ4v) is 2.63. The normalized spacial score (nSPS) is 10.3. The number of hydrogen-bond acceptors (Lipinski definition) is 2. The van der Waals surface area contributed by atoms with Crippen molar-refractivity contribution >= 4 is 39.1 Å². The van der Waals surface area contributed by atoms with Gasteiger partial charge in [-0.25, -0.2) is 0 Å². The lowest BCUT2D eigenvalue weighted by molar-refractivity contribution is -0.117. The van der Waals surface area contributed by atoms with Crippen LogP contribution in [0.5, 0.6) is 0 Å². The lowest BCUT2D eigenvalue weighted by atomic mass is 10.1. The van der Waals surface area contributed by atoms with E-state index in [1.807, 2.05) is 42.5 Å². The highest BCUT2D eigenvalue weighted by molar-refractivity contribution is 9.10. The zero-order valence-corrected chi connectivity index (χ0v) is 13.0. The Balaban J connectivity index is 1.98. The fraction of sp³-hybridized carbons (Fsp3) is 0.133. The molecular weight excluding hydrogens is 340 g/mol. The molecule has 0 aromatic heterocycles. The molecule has 0 spiro atoms. The van der Waals surface area contributed by atoms with E-state index < -0.39 is 0 Å². The number of anilines is 1. The summed E-state index contributed by atoms with van der Waals surface area (Å²) in [7, 11) is 0. The predicted molar refractivity (Wildman–Crippen MR) is 85.8 cm³/mol. The van der Waals surface area contributed by atoms with Crippen molar-refractivity contribution in [3.8, 4) is 0 Å². The minimum Gasteiger partial charge on any atom is -0.381 e. The Morgan fingerprint density at radius 2 is 1.90 bits per heavy atom. The number of hydrogen-bond donors (Lipinski definition) is 2. The van der Waals surface area contributed by atoms with Crippen LogP contribution in [-0.4, -0.2) is 5.91 Å². The largest absolute Gasteiger partial charge is 0.381 e. The Morgan fingerprint density at radius 1 is 1.20 bits per heavy atom. The maximum atomic E-state index is 10.8. The molecule has 1 amide bonds. The van der Waals surface area contributed by atoms with E-state index in [9.17, 15) is 4.79 Å². The van der Waals surface area contributed by atoms with Gasteiger partial charge >= 0.3 is 0 Å². The van der Waals surface area contributed by atoms with Gasteiger partial charge in [0.15, 0.2) is 0 Å². The third-order valence-corrected chi connectivity index (χ3v) is 3.80. The number of benzene rings is 2. The van der Waals surface area contributed by atoms with Gasteiger partial charge in [-0.05, 0) is 35.4 Å². The molecule has 104 valence electrons. The molecule has 0 aliphatic heterocycles. The van der Waals surface area contributed by atoms with Crippen molar-refractivity contribution in [2.45, 2.75) is 13.0 Å². The van der Waals surface area contributed by atoms with Crippen LogP contribution in [0.25, 0.3) is 0 Å². The third kappa shape index (κ3) is 4.25. The van der Waals surface area contributed by atoms with E-state index in [0.717, 1.165) is 21.3 Å². The Hall–Kier alpha value is -1.52. The van der Waals surface area contributed by atoms with Gasteiger partial charge < -0.3 is 11.1 Å². The van der Waals surface area contributed by atoms with E-state index in [4.69, 9.17) is 17.3 Å². The summed E-state index contributed by atoms with van der Waals surface area (Å²) in [5, 5.41) is 4.02. The Kier molecular flexibility index (Phi) is 5.04. The van der Waals surface area contributed by atoms with Crippen LogP contribution in [0.2, 0.25) is 5.02 Å². The molecule has 0 unspecified atom stereocenters. The zero-order valence-electron chi connectivity index (χ0n) is 10.7. The van der Waals surface area contributed by atoms with Crippen LogP contribution < -0.4 is 11.1 Å². The van der Waals surface area contributed by atoms with Gasteiger partial charge in [0.1, 0.15) is 0 Å². The van der Waals surface area contributed by atoms with E-state index in [1.165, 1.54) is 0 Å². The van der Waals surface area contributed by atoms with Crippen molar-refractivity contribution in [1.82, 2.24) is 0 Å². The number of nitrogens with two attached hydrogens (primary N) is 1. The minimum absolute atomic E-state index is 0.267. The Bertz CT molecular complexity index is 614. The van der Waals surface area contributed by atoms with Gasteiger partial charge in [-0.15, -0.1) is 0 Å². The van der Waals surface area contributed by atoms with Crippen molar-refractivity contribution in [3.63, 3.8) is 0 Å². The van der Waals surface area contributed by atoms with Crippen molar-refractivity contribution in [2.75, 3.05) is 5.32 Å². The van der Waals surface area contributed by atoms with E-state index in [0.29, 0.717) is 11.6 Å². The van der Waals surface area contributed by atoms with Crippen molar-refractivity contribution < 1.29 is 4.79 Å². The number of carbonyl (C=O) groups is 1. The highest BCUT2D eigenvalue weighted by Gasteiger charge is 2.02. The molecule has 0 bridgehead atoms. The highest BCUT2D eigenvalue weighted by Crippen LogP contribution is 2.22. The first kappa shape index (κ1) is 14.9. The van der Waals surface area contributed by atoms with Crippen molar-refractivity contribution in [3.05, 3.63) is 63.1 Å². The number of carbonyl (C=O) groups excluding carboxylic acids is 1.